The van der Waals surface area contributed by atoms with Gasteiger partial charge in [-0.25, -0.2) is 0 Å². The van der Waals surface area contributed by atoms with E-state index in [0.29, 0.717) is 18.7 Å². The van der Waals surface area contributed by atoms with Crippen molar-refractivity contribution in [2.45, 2.75) is 39.2 Å². The van der Waals surface area contributed by atoms with E-state index in [4.69, 9.17) is 0 Å². The molecule has 5 heteroatoms. The summed E-state index contributed by atoms with van der Waals surface area (Å²) in [7, 11) is 0. The third kappa shape index (κ3) is 5.67. The van der Waals surface area contributed by atoms with Crippen molar-refractivity contribution in [1.82, 2.24) is 16.0 Å². The SMILES string of the molecule is CCCCNC(=O)c1ccc(CNC(=O)C2CCCNC2)cc1. The maximum absolute atomic E-state index is 12.1. The van der Waals surface area contributed by atoms with Crippen LogP contribution in [0.3, 0.4) is 0 Å². The first-order chi connectivity index (χ1) is 11.2. The summed E-state index contributed by atoms with van der Waals surface area (Å²) in [6, 6.07) is 7.41. The maximum atomic E-state index is 12.1. The van der Waals surface area contributed by atoms with Gasteiger partial charge in [-0.15, -0.1) is 0 Å². The van der Waals surface area contributed by atoms with Crippen LogP contribution >= 0.6 is 0 Å². The van der Waals surface area contributed by atoms with Gasteiger partial charge in [0.2, 0.25) is 5.91 Å². The van der Waals surface area contributed by atoms with Gasteiger partial charge in [0.15, 0.2) is 0 Å². The normalized spacial score (nSPS) is 17.5. The molecule has 1 fully saturated rings. The molecule has 1 unspecified atom stereocenters. The molecule has 5 nitrogen and oxygen atoms in total. The number of benzene rings is 1. The third-order valence-corrected chi connectivity index (χ3v) is 4.17. The Balaban J connectivity index is 1.78. The van der Waals surface area contributed by atoms with Crippen molar-refractivity contribution in [3.05, 3.63) is 35.4 Å². The van der Waals surface area contributed by atoms with E-state index >= 15 is 0 Å². The monoisotopic (exact) mass is 317 g/mol. The number of piperidine rings is 1. The van der Waals surface area contributed by atoms with Crippen molar-refractivity contribution in [2.75, 3.05) is 19.6 Å². The topological polar surface area (TPSA) is 70.2 Å². The predicted molar refractivity (Wildman–Crippen MR) is 91.1 cm³/mol. The summed E-state index contributed by atoms with van der Waals surface area (Å²) in [5.74, 6) is 0.147. The maximum Gasteiger partial charge on any atom is 0.251 e. The molecule has 1 aromatic rings. The Morgan fingerprint density at radius 3 is 2.65 bits per heavy atom. The number of unbranched alkanes of at least 4 members (excludes halogenated alkanes) is 1. The molecule has 1 saturated heterocycles. The van der Waals surface area contributed by atoms with Crippen LogP contribution in [0.2, 0.25) is 0 Å². The van der Waals surface area contributed by atoms with Gasteiger partial charge in [-0.2, -0.15) is 0 Å². The van der Waals surface area contributed by atoms with E-state index in [2.05, 4.69) is 22.9 Å². The molecular weight excluding hydrogens is 290 g/mol. The molecule has 3 N–H and O–H groups in total. The van der Waals surface area contributed by atoms with Crippen LogP contribution in [-0.2, 0) is 11.3 Å². The van der Waals surface area contributed by atoms with Gasteiger partial charge in [-0.05, 0) is 43.5 Å². The summed E-state index contributed by atoms with van der Waals surface area (Å²) in [5.41, 5.74) is 1.67. The van der Waals surface area contributed by atoms with Crippen LogP contribution < -0.4 is 16.0 Å². The van der Waals surface area contributed by atoms with Crippen molar-refractivity contribution < 1.29 is 9.59 Å². The lowest BCUT2D eigenvalue weighted by Crippen LogP contribution is -2.40. The fourth-order valence-electron chi connectivity index (χ4n) is 2.66. The van der Waals surface area contributed by atoms with Crippen LogP contribution in [0.25, 0.3) is 0 Å². The third-order valence-electron chi connectivity index (χ3n) is 4.17. The molecule has 1 aromatic carbocycles. The molecule has 1 aliphatic rings. The first-order valence-electron chi connectivity index (χ1n) is 8.56. The molecule has 1 aliphatic heterocycles. The highest BCUT2D eigenvalue weighted by atomic mass is 16.2. The van der Waals surface area contributed by atoms with Gasteiger partial charge in [0.05, 0.1) is 5.92 Å². The zero-order valence-corrected chi connectivity index (χ0v) is 13.9. The minimum atomic E-state index is -0.0395. The van der Waals surface area contributed by atoms with Crippen LogP contribution in [-0.4, -0.2) is 31.4 Å². The molecule has 1 atom stereocenters. The van der Waals surface area contributed by atoms with E-state index in [0.717, 1.165) is 44.3 Å². The smallest absolute Gasteiger partial charge is 0.251 e. The Morgan fingerprint density at radius 2 is 2.00 bits per heavy atom. The molecule has 0 saturated carbocycles. The van der Waals surface area contributed by atoms with Crippen LogP contribution in [0.15, 0.2) is 24.3 Å². The molecule has 0 aromatic heterocycles. The number of hydrogen-bond acceptors (Lipinski definition) is 3. The predicted octanol–water partition coefficient (Wildman–Crippen LogP) is 1.83. The second-order valence-electron chi connectivity index (χ2n) is 6.07. The van der Waals surface area contributed by atoms with Crippen LogP contribution in [0.4, 0.5) is 0 Å². The summed E-state index contributed by atoms with van der Waals surface area (Å²) in [6.45, 7) is 5.09. The quantitative estimate of drug-likeness (QED) is 0.672. The molecule has 23 heavy (non-hydrogen) atoms. The molecule has 0 radical (unpaired) electrons. The summed E-state index contributed by atoms with van der Waals surface area (Å²) in [4.78, 5) is 24.0. The largest absolute Gasteiger partial charge is 0.352 e. The minimum Gasteiger partial charge on any atom is -0.352 e. The average Bonchev–Trinajstić information content (AvgIpc) is 2.61. The Morgan fingerprint density at radius 1 is 1.22 bits per heavy atom. The van der Waals surface area contributed by atoms with E-state index in [1.165, 1.54) is 0 Å². The van der Waals surface area contributed by atoms with Gasteiger partial charge in [0, 0.05) is 25.2 Å². The number of rotatable bonds is 7. The highest BCUT2D eigenvalue weighted by molar-refractivity contribution is 5.94. The molecular formula is C18H27N3O2. The van der Waals surface area contributed by atoms with Crippen LogP contribution in [0.1, 0.15) is 48.5 Å². The van der Waals surface area contributed by atoms with Crippen molar-refractivity contribution in [3.8, 4) is 0 Å². The molecule has 2 amide bonds. The van der Waals surface area contributed by atoms with Gasteiger partial charge in [0.25, 0.3) is 5.91 Å². The lowest BCUT2D eigenvalue weighted by atomic mass is 9.99. The van der Waals surface area contributed by atoms with E-state index in [1.807, 2.05) is 24.3 Å². The zero-order chi connectivity index (χ0) is 16.5. The fraction of sp³-hybridized carbons (Fsp3) is 0.556. The molecule has 0 aliphatic carbocycles. The summed E-state index contributed by atoms with van der Waals surface area (Å²) >= 11 is 0. The number of amides is 2. The zero-order valence-electron chi connectivity index (χ0n) is 13.9. The molecule has 126 valence electrons. The summed E-state index contributed by atoms with van der Waals surface area (Å²) in [6.07, 6.45) is 4.07. The van der Waals surface area contributed by atoms with Gasteiger partial charge >= 0.3 is 0 Å². The van der Waals surface area contributed by atoms with Crippen molar-refractivity contribution >= 4 is 11.8 Å². The van der Waals surface area contributed by atoms with Crippen molar-refractivity contribution in [3.63, 3.8) is 0 Å². The van der Waals surface area contributed by atoms with Crippen LogP contribution in [0.5, 0.6) is 0 Å². The lowest BCUT2D eigenvalue weighted by Gasteiger charge is -2.21. The molecule has 0 bridgehead atoms. The van der Waals surface area contributed by atoms with Crippen molar-refractivity contribution in [2.24, 2.45) is 5.92 Å². The molecule has 2 rings (SSSR count). The van der Waals surface area contributed by atoms with E-state index in [-0.39, 0.29) is 17.7 Å². The Bertz CT molecular complexity index is 508. The van der Waals surface area contributed by atoms with E-state index in [9.17, 15) is 9.59 Å². The van der Waals surface area contributed by atoms with E-state index in [1.54, 1.807) is 0 Å². The first kappa shape index (κ1) is 17.5. The standard InChI is InChI=1S/C18H27N3O2/c1-2-3-11-20-17(22)15-8-6-14(7-9-15)12-21-18(23)16-5-4-10-19-13-16/h6-9,16,19H,2-5,10-13H2,1H3,(H,20,22)(H,21,23). The molecule has 1 heterocycles. The van der Waals surface area contributed by atoms with Gasteiger partial charge < -0.3 is 16.0 Å². The Labute approximate surface area is 138 Å². The summed E-state index contributed by atoms with van der Waals surface area (Å²) in [5, 5.41) is 9.13. The number of hydrogen-bond donors (Lipinski definition) is 3. The van der Waals surface area contributed by atoms with Gasteiger partial charge in [-0.1, -0.05) is 25.5 Å². The van der Waals surface area contributed by atoms with Gasteiger partial charge in [-0.3, -0.25) is 9.59 Å². The number of nitrogens with one attached hydrogen (secondary N) is 3. The van der Waals surface area contributed by atoms with Gasteiger partial charge in [0.1, 0.15) is 0 Å². The minimum absolute atomic E-state index is 0.0395. The number of carbonyl (C=O) groups excluding carboxylic acids is 2. The molecule has 0 spiro atoms. The Kier molecular flexibility index (Phi) is 7.07. The van der Waals surface area contributed by atoms with Crippen molar-refractivity contribution in [1.29, 1.82) is 0 Å². The van der Waals surface area contributed by atoms with Crippen LogP contribution in [0, 0.1) is 5.92 Å². The fourth-order valence-corrected chi connectivity index (χ4v) is 2.66. The number of carbonyl (C=O) groups is 2. The highest BCUT2D eigenvalue weighted by Crippen LogP contribution is 2.10. The second-order valence-corrected chi connectivity index (χ2v) is 6.07. The average molecular weight is 317 g/mol. The highest BCUT2D eigenvalue weighted by Gasteiger charge is 2.20. The Hall–Kier alpha value is -1.88. The summed E-state index contributed by atoms with van der Waals surface area (Å²) < 4.78 is 0. The second kappa shape index (κ2) is 9.30. The van der Waals surface area contributed by atoms with E-state index < -0.39 is 0 Å². The lowest BCUT2D eigenvalue weighted by molar-refractivity contribution is -0.125. The first-order valence-corrected chi connectivity index (χ1v) is 8.56.